The van der Waals surface area contributed by atoms with Gasteiger partial charge in [-0.25, -0.2) is 0 Å². The summed E-state index contributed by atoms with van der Waals surface area (Å²) < 4.78 is 2.29. The van der Waals surface area contributed by atoms with E-state index in [0.717, 1.165) is 12.0 Å². The number of carbonyl (C=O) groups is 1. The van der Waals surface area contributed by atoms with E-state index in [1.54, 1.807) is 0 Å². The molecule has 0 saturated carbocycles. The van der Waals surface area contributed by atoms with Gasteiger partial charge in [-0.1, -0.05) is 13.8 Å². The van der Waals surface area contributed by atoms with Gasteiger partial charge in [-0.15, -0.1) is 11.3 Å². The number of Topliss-reactive ketones (excluding diaryl/α,β-unsaturated/α-hetero) is 1. The Morgan fingerprint density at radius 2 is 2.00 bits per heavy atom. The Hall–Kier alpha value is -1.35. The molecule has 0 aliphatic heterocycles. The van der Waals surface area contributed by atoms with Gasteiger partial charge in [-0.05, 0) is 43.9 Å². The Bertz CT molecular complexity index is 662. The largest absolute Gasteiger partial charge is 0.343 e. The summed E-state index contributed by atoms with van der Waals surface area (Å²) in [6, 6.07) is 6.68. The number of ketones is 1. The lowest BCUT2D eigenvalue weighted by Gasteiger charge is -2.30. The van der Waals surface area contributed by atoms with Gasteiger partial charge in [0.05, 0.1) is 6.04 Å². The minimum absolute atomic E-state index is 0.0747. The van der Waals surface area contributed by atoms with Crippen molar-refractivity contribution in [3.05, 3.63) is 45.4 Å². The van der Waals surface area contributed by atoms with E-state index in [-0.39, 0.29) is 5.41 Å². The molecule has 1 atom stereocenters. The number of hydrogen-bond donors (Lipinski definition) is 0. The number of fused-ring (bicyclic) bond motifs is 1. The molecule has 2 aromatic heterocycles. The van der Waals surface area contributed by atoms with Crippen molar-refractivity contribution in [3.63, 3.8) is 0 Å². The maximum Gasteiger partial charge on any atom is 0.165 e. The molecule has 1 aliphatic rings. The maximum atomic E-state index is 12.3. The molecule has 0 radical (unpaired) electrons. The first kappa shape index (κ1) is 13.6. The highest BCUT2D eigenvalue weighted by Gasteiger charge is 2.33. The second-order valence-electron chi connectivity index (χ2n) is 6.65. The van der Waals surface area contributed by atoms with Crippen LogP contribution in [0.4, 0.5) is 0 Å². The van der Waals surface area contributed by atoms with E-state index < -0.39 is 0 Å². The van der Waals surface area contributed by atoms with Gasteiger partial charge in [0.1, 0.15) is 0 Å². The van der Waals surface area contributed by atoms with Crippen LogP contribution >= 0.6 is 11.3 Å². The van der Waals surface area contributed by atoms with Crippen molar-refractivity contribution in [2.45, 2.75) is 46.6 Å². The molecule has 2 nitrogen and oxygen atoms in total. The Labute approximate surface area is 124 Å². The lowest BCUT2D eigenvalue weighted by Crippen LogP contribution is -2.28. The van der Waals surface area contributed by atoms with Crippen LogP contribution in [-0.4, -0.2) is 10.4 Å². The molecule has 2 aromatic rings. The zero-order valence-electron chi connectivity index (χ0n) is 12.6. The molecule has 20 heavy (non-hydrogen) atoms. The van der Waals surface area contributed by atoms with Crippen LogP contribution < -0.4 is 0 Å². The van der Waals surface area contributed by atoms with E-state index in [2.05, 4.69) is 50.6 Å². The van der Waals surface area contributed by atoms with E-state index in [1.165, 1.54) is 15.4 Å². The number of aromatic nitrogens is 1. The van der Waals surface area contributed by atoms with Gasteiger partial charge in [0, 0.05) is 33.6 Å². The van der Waals surface area contributed by atoms with Gasteiger partial charge in [0.2, 0.25) is 0 Å². The summed E-state index contributed by atoms with van der Waals surface area (Å²) in [5.41, 5.74) is 2.22. The lowest BCUT2D eigenvalue weighted by molar-refractivity contribution is 0.0910. The summed E-state index contributed by atoms with van der Waals surface area (Å²) in [7, 11) is 0. The second-order valence-corrected chi connectivity index (χ2v) is 7.97. The van der Waals surface area contributed by atoms with Crippen LogP contribution in [0.1, 0.15) is 59.0 Å². The molecule has 1 unspecified atom stereocenters. The summed E-state index contributed by atoms with van der Waals surface area (Å²) in [5, 5.41) is 0. The monoisotopic (exact) mass is 287 g/mol. The summed E-state index contributed by atoms with van der Waals surface area (Å²) in [6.45, 7) is 8.73. The molecule has 0 aromatic carbocycles. The van der Waals surface area contributed by atoms with Crippen LogP contribution in [0, 0.1) is 12.3 Å². The zero-order valence-corrected chi connectivity index (χ0v) is 13.4. The van der Waals surface area contributed by atoms with E-state index >= 15 is 0 Å². The molecule has 0 N–H and O–H groups in total. The van der Waals surface area contributed by atoms with Crippen LogP contribution in [0.25, 0.3) is 0 Å². The number of carbonyl (C=O) groups excluding carboxylic acids is 1. The molecular formula is C17H21NOS. The van der Waals surface area contributed by atoms with Gasteiger partial charge < -0.3 is 4.57 Å². The third-order valence-electron chi connectivity index (χ3n) is 4.20. The highest BCUT2D eigenvalue weighted by atomic mass is 32.1. The van der Waals surface area contributed by atoms with Crippen LogP contribution in [-0.2, 0) is 6.42 Å². The molecule has 0 spiro atoms. The standard InChI is InChI=1S/C17H21NOS/c1-11-5-6-16(20-11)12(2)18-8-7-13-14(18)9-17(3,4)10-15(13)19/h5-8,12H,9-10H2,1-4H3. The number of rotatable bonds is 2. The lowest BCUT2D eigenvalue weighted by atomic mass is 9.76. The molecule has 0 bridgehead atoms. The molecule has 2 heterocycles. The van der Waals surface area contributed by atoms with E-state index in [1.807, 2.05) is 17.4 Å². The summed E-state index contributed by atoms with van der Waals surface area (Å²) in [6.07, 6.45) is 3.73. The Kier molecular flexibility index (Phi) is 3.13. The SMILES string of the molecule is Cc1ccc(C(C)n2ccc3c2CC(C)(C)CC3=O)s1. The van der Waals surface area contributed by atoms with Crippen LogP contribution in [0.3, 0.4) is 0 Å². The van der Waals surface area contributed by atoms with Gasteiger partial charge in [-0.3, -0.25) is 4.79 Å². The van der Waals surface area contributed by atoms with Gasteiger partial charge >= 0.3 is 0 Å². The Balaban J connectivity index is 2.02. The smallest absolute Gasteiger partial charge is 0.165 e. The number of aryl methyl sites for hydroxylation is 1. The van der Waals surface area contributed by atoms with Crippen molar-refractivity contribution in [2.75, 3.05) is 0 Å². The maximum absolute atomic E-state index is 12.3. The minimum Gasteiger partial charge on any atom is -0.343 e. The summed E-state index contributed by atoms with van der Waals surface area (Å²) >= 11 is 1.84. The molecule has 0 fully saturated rings. The first-order valence-electron chi connectivity index (χ1n) is 7.17. The Morgan fingerprint density at radius 3 is 2.65 bits per heavy atom. The van der Waals surface area contributed by atoms with Crippen molar-refractivity contribution >= 4 is 17.1 Å². The molecule has 1 aliphatic carbocycles. The van der Waals surface area contributed by atoms with Gasteiger partial charge in [0.25, 0.3) is 0 Å². The normalized spacial score (nSPS) is 18.9. The van der Waals surface area contributed by atoms with Gasteiger partial charge in [-0.2, -0.15) is 0 Å². The first-order chi connectivity index (χ1) is 9.37. The molecule has 0 amide bonds. The van der Waals surface area contributed by atoms with Crippen molar-refractivity contribution in [2.24, 2.45) is 5.41 Å². The number of thiophene rings is 1. The number of nitrogens with zero attached hydrogens (tertiary/aromatic N) is 1. The third kappa shape index (κ3) is 2.24. The predicted molar refractivity (Wildman–Crippen MR) is 83.7 cm³/mol. The van der Waals surface area contributed by atoms with Gasteiger partial charge in [0.15, 0.2) is 5.78 Å². The molecule has 106 valence electrons. The third-order valence-corrected chi connectivity index (χ3v) is 5.37. The molecular weight excluding hydrogens is 266 g/mol. The highest BCUT2D eigenvalue weighted by Crippen LogP contribution is 2.37. The average molecular weight is 287 g/mol. The molecule has 3 rings (SSSR count). The average Bonchev–Trinajstić information content (AvgIpc) is 2.93. The van der Waals surface area contributed by atoms with Crippen molar-refractivity contribution in [3.8, 4) is 0 Å². The minimum atomic E-state index is 0.0747. The van der Waals surface area contributed by atoms with E-state index in [4.69, 9.17) is 0 Å². The number of hydrogen-bond acceptors (Lipinski definition) is 2. The quantitative estimate of drug-likeness (QED) is 0.789. The van der Waals surface area contributed by atoms with Crippen LogP contribution in [0.15, 0.2) is 24.4 Å². The first-order valence-corrected chi connectivity index (χ1v) is 7.98. The van der Waals surface area contributed by atoms with Crippen molar-refractivity contribution in [1.82, 2.24) is 4.57 Å². The summed E-state index contributed by atoms with van der Waals surface area (Å²) in [4.78, 5) is 15.0. The topological polar surface area (TPSA) is 22.0 Å². The van der Waals surface area contributed by atoms with E-state index in [9.17, 15) is 4.79 Å². The predicted octanol–water partition coefficient (Wildman–Crippen LogP) is 4.62. The highest BCUT2D eigenvalue weighted by molar-refractivity contribution is 7.12. The van der Waals surface area contributed by atoms with Crippen LogP contribution in [0.5, 0.6) is 0 Å². The fraction of sp³-hybridized carbons (Fsp3) is 0.471. The second kappa shape index (κ2) is 4.59. The van der Waals surface area contributed by atoms with Crippen molar-refractivity contribution in [1.29, 1.82) is 0 Å². The summed E-state index contributed by atoms with van der Waals surface area (Å²) in [5.74, 6) is 0.296. The Morgan fingerprint density at radius 1 is 1.25 bits per heavy atom. The fourth-order valence-electron chi connectivity index (χ4n) is 3.14. The van der Waals surface area contributed by atoms with Crippen molar-refractivity contribution < 1.29 is 4.79 Å². The molecule has 0 saturated heterocycles. The fourth-order valence-corrected chi connectivity index (χ4v) is 4.07. The molecule has 3 heteroatoms. The zero-order chi connectivity index (χ0) is 14.5. The van der Waals surface area contributed by atoms with E-state index in [0.29, 0.717) is 18.2 Å². The van der Waals surface area contributed by atoms with Crippen LogP contribution in [0.2, 0.25) is 0 Å².